The lowest BCUT2D eigenvalue weighted by Gasteiger charge is -2.29. The lowest BCUT2D eigenvalue weighted by Crippen LogP contribution is -2.40. The molecule has 2 N–H and O–H groups in total. The number of carbonyl (C=O) groups is 1. The Morgan fingerprint density at radius 1 is 1.06 bits per heavy atom. The van der Waals surface area contributed by atoms with Crippen LogP contribution in [0, 0.1) is 0 Å². The van der Waals surface area contributed by atoms with Crippen LogP contribution in [0.4, 0.5) is 0 Å². The highest BCUT2D eigenvalue weighted by molar-refractivity contribution is 6.33. The second-order valence-electron chi connectivity index (χ2n) is 8.67. The highest BCUT2D eigenvalue weighted by atomic mass is 35.5. The minimum Gasteiger partial charge on any atom is -0.393 e. The van der Waals surface area contributed by atoms with E-state index in [1.54, 1.807) is 49.5 Å². The fourth-order valence-corrected chi connectivity index (χ4v) is 4.11. The van der Waals surface area contributed by atoms with Crippen molar-refractivity contribution in [3.8, 4) is 22.3 Å². The Morgan fingerprint density at radius 3 is 2.47 bits per heavy atom. The second-order valence-corrected chi connectivity index (χ2v) is 9.08. The smallest absolute Gasteiger partial charge is 0.253 e. The maximum Gasteiger partial charge on any atom is 0.253 e. The van der Waals surface area contributed by atoms with Gasteiger partial charge in [-0.05, 0) is 62.6 Å². The van der Waals surface area contributed by atoms with Crippen LogP contribution in [-0.2, 0) is 5.60 Å². The van der Waals surface area contributed by atoms with Gasteiger partial charge in [0.05, 0.1) is 11.8 Å². The van der Waals surface area contributed by atoms with Gasteiger partial charge in [-0.1, -0.05) is 17.7 Å². The Morgan fingerprint density at radius 2 is 1.78 bits per heavy atom. The number of aliphatic hydroxyl groups is 2. The molecule has 166 valence electrons. The van der Waals surface area contributed by atoms with Crippen molar-refractivity contribution in [1.29, 1.82) is 0 Å². The van der Waals surface area contributed by atoms with Crippen molar-refractivity contribution in [1.82, 2.24) is 14.9 Å². The van der Waals surface area contributed by atoms with Gasteiger partial charge >= 0.3 is 0 Å². The van der Waals surface area contributed by atoms with E-state index in [0.29, 0.717) is 42.2 Å². The lowest BCUT2D eigenvalue weighted by molar-refractivity contribution is 0.0546. The number of halogens is 1. The number of nitrogens with zero attached hydrogens (tertiary/aromatic N) is 3. The van der Waals surface area contributed by atoms with E-state index in [1.807, 2.05) is 24.3 Å². The summed E-state index contributed by atoms with van der Waals surface area (Å²) >= 11 is 6.57. The summed E-state index contributed by atoms with van der Waals surface area (Å²) in [5, 5.41) is 20.4. The van der Waals surface area contributed by atoms with Crippen molar-refractivity contribution in [2.24, 2.45) is 0 Å². The molecule has 7 heteroatoms. The molecule has 2 aromatic heterocycles. The quantitative estimate of drug-likeness (QED) is 0.618. The molecule has 0 saturated carbocycles. The molecule has 1 aliphatic heterocycles. The zero-order valence-corrected chi connectivity index (χ0v) is 18.9. The van der Waals surface area contributed by atoms with Gasteiger partial charge in [0.2, 0.25) is 0 Å². The van der Waals surface area contributed by atoms with E-state index < -0.39 is 5.60 Å². The molecular formula is C25H26ClN3O3. The van der Waals surface area contributed by atoms with Crippen LogP contribution in [-0.4, -0.2) is 50.2 Å². The Hall–Kier alpha value is -2.80. The number of hydrogen-bond acceptors (Lipinski definition) is 5. The molecule has 6 nitrogen and oxygen atoms in total. The normalized spacial score (nSPS) is 15.1. The van der Waals surface area contributed by atoms with Crippen LogP contribution < -0.4 is 0 Å². The molecule has 3 aromatic rings. The summed E-state index contributed by atoms with van der Waals surface area (Å²) in [6.07, 6.45) is 6.02. The van der Waals surface area contributed by atoms with Crippen molar-refractivity contribution < 1.29 is 15.0 Å². The van der Waals surface area contributed by atoms with Gasteiger partial charge in [0, 0.05) is 59.0 Å². The number of piperidine rings is 1. The van der Waals surface area contributed by atoms with E-state index in [-0.39, 0.29) is 12.0 Å². The number of pyridine rings is 2. The Kier molecular flexibility index (Phi) is 6.29. The Bertz CT molecular complexity index is 1140. The maximum atomic E-state index is 12.8. The molecule has 0 bridgehead atoms. The zero-order chi connectivity index (χ0) is 22.9. The van der Waals surface area contributed by atoms with Crippen molar-refractivity contribution >= 4 is 17.5 Å². The summed E-state index contributed by atoms with van der Waals surface area (Å²) in [4.78, 5) is 23.2. The molecule has 0 unspecified atom stereocenters. The van der Waals surface area contributed by atoms with Gasteiger partial charge in [-0.3, -0.25) is 14.8 Å². The standard InChI is InChI=1S/C25H26ClN3O3/c1-25(2,32)23-13-16(5-8-28-23)18-11-19(15-27-14-18)21-4-3-17(12-22(21)26)24(31)29-9-6-20(30)7-10-29/h3-5,8,11-15,20,30,32H,6-7,9-10H2,1-2H3. The van der Waals surface area contributed by atoms with Crippen LogP contribution in [0.5, 0.6) is 0 Å². The van der Waals surface area contributed by atoms with Crippen LogP contribution in [0.2, 0.25) is 5.02 Å². The second kappa shape index (κ2) is 8.98. The number of rotatable bonds is 4. The first-order valence-corrected chi connectivity index (χ1v) is 11.0. The molecule has 3 heterocycles. The van der Waals surface area contributed by atoms with E-state index in [1.165, 1.54) is 0 Å². The minimum atomic E-state index is -1.04. The molecule has 1 amide bonds. The van der Waals surface area contributed by atoms with Crippen molar-refractivity contribution in [2.75, 3.05) is 13.1 Å². The highest BCUT2D eigenvalue weighted by Gasteiger charge is 2.23. The minimum absolute atomic E-state index is 0.0758. The summed E-state index contributed by atoms with van der Waals surface area (Å²) in [7, 11) is 0. The van der Waals surface area contributed by atoms with Crippen molar-refractivity contribution in [2.45, 2.75) is 38.4 Å². The molecule has 0 atom stereocenters. The largest absolute Gasteiger partial charge is 0.393 e. The van der Waals surface area contributed by atoms with Crippen LogP contribution >= 0.6 is 11.6 Å². The predicted octanol–water partition coefficient (Wildman–Crippen LogP) is 4.29. The van der Waals surface area contributed by atoms with Crippen LogP contribution in [0.3, 0.4) is 0 Å². The number of hydrogen-bond donors (Lipinski definition) is 2. The molecule has 1 fully saturated rings. The number of carbonyl (C=O) groups excluding carboxylic acids is 1. The molecule has 1 aliphatic rings. The molecule has 0 spiro atoms. The first-order valence-electron chi connectivity index (χ1n) is 10.6. The third kappa shape index (κ3) is 4.83. The molecule has 0 radical (unpaired) electrons. The number of amides is 1. The highest BCUT2D eigenvalue weighted by Crippen LogP contribution is 2.32. The van der Waals surface area contributed by atoms with Crippen molar-refractivity contribution in [3.05, 3.63) is 71.3 Å². The van der Waals surface area contributed by atoms with Gasteiger partial charge in [0.1, 0.15) is 5.60 Å². The van der Waals surface area contributed by atoms with E-state index >= 15 is 0 Å². The molecule has 4 rings (SSSR count). The SMILES string of the molecule is CC(C)(O)c1cc(-c2cncc(-c3ccc(C(=O)N4CCC(O)CC4)cc3Cl)c2)ccn1. The van der Waals surface area contributed by atoms with Gasteiger partial charge in [-0.15, -0.1) is 0 Å². The molecule has 0 aliphatic carbocycles. The number of likely N-dealkylation sites (tertiary alicyclic amines) is 1. The first kappa shape index (κ1) is 22.4. The molecular weight excluding hydrogens is 426 g/mol. The average molecular weight is 452 g/mol. The fourth-order valence-electron chi connectivity index (χ4n) is 3.82. The van der Waals surface area contributed by atoms with Crippen molar-refractivity contribution in [3.63, 3.8) is 0 Å². The Labute approximate surface area is 192 Å². The van der Waals surface area contributed by atoms with Gasteiger partial charge in [0.25, 0.3) is 5.91 Å². The van der Waals surface area contributed by atoms with Crippen LogP contribution in [0.25, 0.3) is 22.3 Å². The summed E-state index contributed by atoms with van der Waals surface area (Å²) in [6, 6.07) is 11.0. The van der Waals surface area contributed by atoms with E-state index in [0.717, 1.165) is 22.3 Å². The number of aliphatic hydroxyl groups excluding tert-OH is 1. The predicted molar refractivity (Wildman–Crippen MR) is 124 cm³/mol. The summed E-state index contributed by atoms with van der Waals surface area (Å²) in [6.45, 7) is 4.48. The number of benzene rings is 1. The summed E-state index contributed by atoms with van der Waals surface area (Å²) < 4.78 is 0. The first-order chi connectivity index (χ1) is 15.2. The zero-order valence-electron chi connectivity index (χ0n) is 18.1. The maximum absolute atomic E-state index is 12.8. The molecule has 1 saturated heterocycles. The Balaban J connectivity index is 1.60. The third-order valence-corrected chi connectivity index (χ3v) is 6.05. The summed E-state index contributed by atoms with van der Waals surface area (Å²) in [5.74, 6) is -0.0758. The number of aromatic nitrogens is 2. The van der Waals surface area contributed by atoms with Gasteiger partial charge < -0.3 is 15.1 Å². The fraction of sp³-hybridized carbons (Fsp3) is 0.320. The average Bonchev–Trinajstić information content (AvgIpc) is 2.78. The molecule has 1 aromatic carbocycles. The van der Waals surface area contributed by atoms with E-state index in [2.05, 4.69) is 9.97 Å². The van der Waals surface area contributed by atoms with Gasteiger partial charge in [0.15, 0.2) is 0 Å². The summed E-state index contributed by atoms with van der Waals surface area (Å²) in [5.41, 5.74) is 3.44. The topological polar surface area (TPSA) is 86.6 Å². The lowest BCUT2D eigenvalue weighted by atomic mass is 9.98. The van der Waals surface area contributed by atoms with E-state index in [4.69, 9.17) is 11.6 Å². The van der Waals surface area contributed by atoms with Gasteiger partial charge in [-0.25, -0.2) is 0 Å². The monoisotopic (exact) mass is 451 g/mol. The van der Waals surface area contributed by atoms with E-state index in [9.17, 15) is 15.0 Å². The van der Waals surface area contributed by atoms with Gasteiger partial charge in [-0.2, -0.15) is 0 Å². The molecule has 32 heavy (non-hydrogen) atoms. The third-order valence-electron chi connectivity index (χ3n) is 5.74. The van der Waals surface area contributed by atoms with Crippen LogP contribution in [0.1, 0.15) is 42.7 Å². The van der Waals surface area contributed by atoms with Crippen LogP contribution in [0.15, 0.2) is 55.0 Å².